The first-order valence-electron chi connectivity index (χ1n) is 5.10. The molecule has 0 aliphatic carbocycles. The Morgan fingerprint density at radius 2 is 1.72 bits per heavy atom. The van der Waals surface area contributed by atoms with Crippen LogP contribution in [0.1, 0.15) is 5.76 Å². The van der Waals surface area contributed by atoms with Crippen molar-refractivity contribution in [2.75, 3.05) is 7.05 Å². The molecule has 96 valence electrons. The molecular formula is C12H9Cl4NO. The van der Waals surface area contributed by atoms with Gasteiger partial charge >= 0.3 is 0 Å². The van der Waals surface area contributed by atoms with Gasteiger partial charge in [-0.05, 0) is 19.2 Å². The molecule has 0 unspecified atom stereocenters. The van der Waals surface area contributed by atoms with Crippen LogP contribution < -0.4 is 5.32 Å². The van der Waals surface area contributed by atoms with E-state index in [9.17, 15) is 0 Å². The van der Waals surface area contributed by atoms with Gasteiger partial charge in [0.15, 0.2) is 0 Å². The minimum atomic E-state index is 0.359. The molecule has 0 bridgehead atoms. The number of hydrogen-bond acceptors (Lipinski definition) is 2. The smallest absolute Gasteiger partial charge is 0.125 e. The molecule has 2 rings (SSSR count). The van der Waals surface area contributed by atoms with Crippen LogP contribution in [0, 0.1) is 0 Å². The minimum Gasteiger partial charge on any atom is -0.467 e. The molecule has 1 aromatic carbocycles. The summed E-state index contributed by atoms with van der Waals surface area (Å²) in [7, 11) is 1.82. The third kappa shape index (κ3) is 2.49. The molecule has 0 fully saturated rings. The van der Waals surface area contributed by atoms with Crippen molar-refractivity contribution in [3.63, 3.8) is 0 Å². The van der Waals surface area contributed by atoms with Crippen molar-refractivity contribution < 1.29 is 4.42 Å². The van der Waals surface area contributed by atoms with E-state index < -0.39 is 0 Å². The average Bonchev–Trinajstić information content (AvgIpc) is 2.76. The summed E-state index contributed by atoms with van der Waals surface area (Å²) in [5.74, 6) is 0.722. The summed E-state index contributed by atoms with van der Waals surface area (Å²) in [6.45, 7) is 0.555. The van der Waals surface area contributed by atoms with Gasteiger partial charge in [-0.2, -0.15) is 0 Å². The van der Waals surface area contributed by atoms with E-state index >= 15 is 0 Å². The first-order valence-corrected chi connectivity index (χ1v) is 6.61. The highest BCUT2D eigenvalue weighted by molar-refractivity contribution is 6.50. The zero-order valence-electron chi connectivity index (χ0n) is 9.36. The summed E-state index contributed by atoms with van der Waals surface area (Å²) in [5.41, 5.74) is 1.37. The Morgan fingerprint density at radius 3 is 2.28 bits per heavy atom. The fourth-order valence-corrected chi connectivity index (χ4v) is 2.68. The van der Waals surface area contributed by atoms with Gasteiger partial charge in [-0.3, -0.25) is 0 Å². The maximum Gasteiger partial charge on any atom is 0.125 e. The summed E-state index contributed by atoms with van der Waals surface area (Å²) < 4.78 is 5.38. The lowest BCUT2D eigenvalue weighted by Gasteiger charge is -2.10. The van der Waals surface area contributed by atoms with Crippen LogP contribution in [0.15, 0.2) is 22.8 Å². The molecule has 0 aliphatic rings. The van der Waals surface area contributed by atoms with Crippen LogP contribution in [0.2, 0.25) is 20.1 Å². The van der Waals surface area contributed by atoms with E-state index in [0.717, 1.165) is 11.3 Å². The standard InChI is InChI=1S/C12H9Cl4NO/c1-17-5-9-6(2-3-18-9)10-11(15)7(13)4-8(14)12(10)16/h2-4,17H,5H2,1H3. The highest BCUT2D eigenvalue weighted by atomic mass is 35.5. The summed E-state index contributed by atoms with van der Waals surface area (Å²) in [5, 5.41) is 4.45. The molecular weight excluding hydrogens is 316 g/mol. The molecule has 0 spiro atoms. The van der Waals surface area contributed by atoms with E-state index in [1.807, 2.05) is 7.05 Å². The maximum absolute atomic E-state index is 6.20. The third-order valence-corrected chi connectivity index (χ3v) is 4.04. The quantitative estimate of drug-likeness (QED) is 0.777. The lowest BCUT2D eigenvalue weighted by molar-refractivity contribution is 0.497. The highest BCUT2D eigenvalue weighted by Gasteiger charge is 2.19. The summed E-state index contributed by atoms with van der Waals surface area (Å²) in [6.07, 6.45) is 1.57. The van der Waals surface area contributed by atoms with Crippen molar-refractivity contribution in [1.82, 2.24) is 5.32 Å². The Labute approximate surface area is 125 Å². The van der Waals surface area contributed by atoms with Crippen LogP contribution in [0.3, 0.4) is 0 Å². The fourth-order valence-electron chi connectivity index (χ4n) is 1.67. The molecule has 18 heavy (non-hydrogen) atoms. The monoisotopic (exact) mass is 323 g/mol. The topological polar surface area (TPSA) is 25.2 Å². The largest absolute Gasteiger partial charge is 0.467 e. The average molecular weight is 325 g/mol. The van der Waals surface area contributed by atoms with Gasteiger partial charge in [0, 0.05) is 11.1 Å². The molecule has 1 N–H and O–H groups in total. The van der Waals surface area contributed by atoms with Crippen LogP contribution in [-0.4, -0.2) is 7.05 Å². The van der Waals surface area contributed by atoms with E-state index in [0.29, 0.717) is 32.2 Å². The van der Waals surface area contributed by atoms with Gasteiger partial charge in [-0.1, -0.05) is 46.4 Å². The number of halogens is 4. The predicted molar refractivity (Wildman–Crippen MR) is 76.9 cm³/mol. The number of benzene rings is 1. The zero-order chi connectivity index (χ0) is 13.3. The SMILES string of the molecule is CNCc1occc1-c1c(Cl)c(Cl)cc(Cl)c1Cl. The van der Waals surface area contributed by atoms with E-state index in [1.165, 1.54) is 6.07 Å². The van der Waals surface area contributed by atoms with Crippen molar-refractivity contribution in [3.8, 4) is 11.1 Å². The zero-order valence-corrected chi connectivity index (χ0v) is 12.4. The molecule has 0 atom stereocenters. The van der Waals surface area contributed by atoms with Crippen molar-refractivity contribution in [1.29, 1.82) is 0 Å². The molecule has 0 aliphatic heterocycles. The molecule has 2 nitrogen and oxygen atoms in total. The second-order valence-corrected chi connectivity index (χ2v) is 5.20. The van der Waals surface area contributed by atoms with Gasteiger partial charge in [-0.15, -0.1) is 0 Å². The van der Waals surface area contributed by atoms with E-state index in [2.05, 4.69) is 5.32 Å². The van der Waals surface area contributed by atoms with Crippen molar-refractivity contribution >= 4 is 46.4 Å². The highest BCUT2D eigenvalue weighted by Crippen LogP contribution is 2.44. The normalized spacial score (nSPS) is 10.9. The molecule has 1 heterocycles. The van der Waals surface area contributed by atoms with Crippen LogP contribution in [0.25, 0.3) is 11.1 Å². The fraction of sp³-hybridized carbons (Fsp3) is 0.167. The van der Waals surface area contributed by atoms with Gasteiger partial charge in [-0.25, -0.2) is 0 Å². The number of nitrogens with one attached hydrogen (secondary N) is 1. The lowest BCUT2D eigenvalue weighted by Crippen LogP contribution is -2.05. The maximum atomic E-state index is 6.20. The lowest BCUT2D eigenvalue weighted by atomic mass is 10.1. The van der Waals surface area contributed by atoms with Gasteiger partial charge in [0.2, 0.25) is 0 Å². The Kier molecular flexibility index (Phi) is 4.46. The van der Waals surface area contributed by atoms with Gasteiger partial charge in [0.1, 0.15) is 5.76 Å². The molecule has 6 heteroatoms. The summed E-state index contributed by atoms with van der Waals surface area (Å²) in [6, 6.07) is 3.31. The van der Waals surface area contributed by atoms with Gasteiger partial charge < -0.3 is 9.73 Å². The van der Waals surface area contributed by atoms with Crippen molar-refractivity contribution in [2.45, 2.75) is 6.54 Å². The number of hydrogen-bond donors (Lipinski definition) is 1. The van der Waals surface area contributed by atoms with E-state index in [-0.39, 0.29) is 0 Å². The second-order valence-electron chi connectivity index (χ2n) is 3.63. The predicted octanol–water partition coefficient (Wildman–Crippen LogP) is 5.28. The molecule has 0 saturated carbocycles. The molecule has 0 saturated heterocycles. The molecule has 0 radical (unpaired) electrons. The third-order valence-electron chi connectivity index (χ3n) is 2.46. The Balaban J connectivity index is 2.66. The molecule has 2 aromatic rings. The van der Waals surface area contributed by atoms with E-state index in [1.54, 1.807) is 12.3 Å². The summed E-state index contributed by atoms with van der Waals surface area (Å²) >= 11 is 24.4. The second kappa shape index (κ2) is 5.72. The van der Waals surface area contributed by atoms with Crippen LogP contribution in [-0.2, 0) is 6.54 Å². The minimum absolute atomic E-state index is 0.359. The van der Waals surface area contributed by atoms with Crippen molar-refractivity contribution in [2.24, 2.45) is 0 Å². The van der Waals surface area contributed by atoms with Gasteiger partial charge in [0.05, 0.1) is 32.9 Å². The first kappa shape index (κ1) is 14.0. The Bertz CT molecular complexity index is 553. The Morgan fingerprint density at radius 1 is 1.11 bits per heavy atom. The molecule has 0 amide bonds. The van der Waals surface area contributed by atoms with Crippen LogP contribution >= 0.6 is 46.4 Å². The van der Waals surface area contributed by atoms with Gasteiger partial charge in [0.25, 0.3) is 0 Å². The molecule has 1 aromatic heterocycles. The van der Waals surface area contributed by atoms with Crippen molar-refractivity contribution in [3.05, 3.63) is 44.2 Å². The van der Waals surface area contributed by atoms with Crippen LogP contribution in [0.5, 0.6) is 0 Å². The number of rotatable bonds is 3. The van der Waals surface area contributed by atoms with E-state index in [4.69, 9.17) is 50.8 Å². The van der Waals surface area contributed by atoms with Crippen LogP contribution in [0.4, 0.5) is 0 Å². The Hall–Kier alpha value is -0.380. The summed E-state index contributed by atoms with van der Waals surface area (Å²) in [4.78, 5) is 0. The first-order chi connectivity index (χ1) is 8.56. The number of furan rings is 1.